The summed E-state index contributed by atoms with van der Waals surface area (Å²) in [5.41, 5.74) is 3.89. The number of fused-ring (bicyclic) bond motifs is 3. The predicted octanol–water partition coefficient (Wildman–Crippen LogP) is 2.94. The molecule has 48 heavy (non-hydrogen) atoms. The minimum atomic E-state index is -0.880. The van der Waals surface area contributed by atoms with Gasteiger partial charge in [0.15, 0.2) is 5.82 Å². The molecule has 1 aliphatic heterocycles. The summed E-state index contributed by atoms with van der Waals surface area (Å²) in [7, 11) is 0. The van der Waals surface area contributed by atoms with Gasteiger partial charge < -0.3 is 20.9 Å². The number of aromatic amines is 1. The zero-order valence-corrected chi connectivity index (χ0v) is 27.6. The average Bonchev–Trinajstić information content (AvgIpc) is 3.45. The first kappa shape index (κ1) is 31.9. The summed E-state index contributed by atoms with van der Waals surface area (Å²) in [4.78, 5) is 41.5. The first-order valence-electron chi connectivity index (χ1n) is 17.4. The summed E-state index contributed by atoms with van der Waals surface area (Å²) in [6.07, 6.45) is 7.35. The number of tetrazole rings is 1. The van der Waals surface area contributed by atoms with E-state index in [4.69, 9.17) is 0 Å². The number of benzene rings is 2. The maximum atomic E-state index is 13.7. The molecule has 7 rings (SSSR count). The molecule has 12 heteroatoms. The highest BCUT2D eigenvalue weighted by molar-refractivity contribution is 5.95. The highest BCUT2D eigenvalue weighted by atomic mass is 16.2. The Balaban J connectivity index is 1.34. The standard InChI is InChI=1S/C36H43N9O3/c1-3-38-32(47)24-9-11-28-22(15-24)7-8-23-16-25(33(48)39-4-2)10-12-29(23)36(28,34-41-43-44-42-34)21-35(13-5-6-14-35)40-20-31(46)45-27(19-37)17-26-18-30(26)45/h9-12,15-16,26-27,30,40H,3-8,13-14,17-18,20-21H2,1-2H3,(H,38,47)(H,39,48)(H,41,42,43,44)/t26-,27?,30+/m1/s1. The van der Waals surface area contributed by atoms with Crippen molar-refractivity contribution in [1.82, 2.24) is 41.5 Å². The molecule has 3 aromatic rings. The maximum Gasteiger partial charge on any atom is 0.251 e. The Labute approximate surface area is 280 Å². The largest absolute Gasteiger partial charge is 0.352 e. The molecule has 12 nitrogen and oxygen atoms in total. The van der Waals surface area contributed by atoms with E-state index >= 15 is 0 Å². The molecular formula is C36H43N9O3. The number of hydrogen-bond acceptors (Lipinski definition) is 8. The molecule has 4 N–H and O–H groups in total. The van der Waals surface area contributed by atoms with E-state index in [0.29, 0.717) is 55.2 Å². The van der Waals surface area contributed by atoms with Gasteiger partial charge in [0, 0.05) is 35.8 Å². The van der Waals surface area contributed by atoms with Crippen LogP contribution in [0.25, 0.3) is 0 Å². The molecule has 3 amide bonds. The van der Waals surface area contributed by atoms with Gasteiger partial charge >= 0.3 is 0 Å². The quantitative estimate of drug-likeness (QED) is 0.260. The number of nitriles is 1. The first-order chi connectivity index (χ1) is 23.3. The lowest BCUT2D eigenvalue weighted by Gasteiger charge is -2.43. The fraction of sp³-hybridized carbons (Fsp3) is 0.528. The van der Waals surface area contributed by atoms with Crippen molar-refractivity contribution in [3.63, 3.8) is 0 Å². The van der Waals surface area contributed by atoms with E-state index in [-0.39, 0.29) is 36.3 Å². The number of nitrogens with one attached hydrogen (secondary N) is 4. The Morgan fingerprint density at radius 3 is 2.12 bits per heavy atom. The number of aryl methyl sites for hydroxylation is 2. The Kier molecular flexibility index (Phi) is 8.50. The SMILES string of the molecule is CCNC(=O)c1ccc2c(c1)CCc1cc(C(=O)NCC)ccc1C2(CC1(NCC(=O)N2C(C#N)C[C@@H]3C[C@@H]32)CCCC1)c1nnn[nH]1. The van der Waals surface area contributed by atoms with Crippen LogP contribution in [-0.4, -0.2) is 80.5 Å². The normalized spacial score (nSPS) is 22.9. The number of aromatic nitrogens is 4. The lowest BCUT2D eigenvalue weighted by atomic mass is 9.64. The van der Waals surface area contributed by atoms with Crippen LogP contribution in [0.5, 0.6) is 0 Å². The average molecular weight is 650 g/mol. The van der Waals surface area contributed by atoms with Crippen LogP contribution in [0.2, 0.25) is 0 Å². The fourth-order valence-corrected chi connectivity index (χ4v) is 8.79. The van der Waals surface area contributed by atoms with Crippen molar-refractivity contribution in [2.24, 2.45) is 5.92 Å². The molecule has 2 heterocycles. The third-order valence-corrected chi connectivity index (χ3v) is 11.1. The second-order valence-corrected chi connectivity index (χ2v) is 13.9. The lowest BCUT2D eigenvalue weighted by molar-refractivity contribution is -0.131. The second-order valence-electron chi connectivity index (χ2n) is 13.9. The molecular weight excluding hydrogens is 606 g/mol. The van der Waals surface area contributed by atoms with Crippen molar-refractivity contribution in [3.05, 3.63) is 75.6 Å². The number of carbonyl (C=O) groups excluding carboxylic acids is 3. The minimum absolute atomic E-state index is 0.0203. The van der Waals surface area contributed by atoms with Gasteiger partial charge in [0.05, 0.1) is 18.0 Å². The minimum Gasteiger partial charge on any atom is -0.352 e. The second kappa shape index (κ2) is 12.8. The van der Waals surface area contributed by atoms with Crippen molar-refractivity contribution in [1.29, 1.82) is 5.26 Å². The molecule has 4 aliphatic rings. The smallest absolute Gasteiger partial charge is 0.251 e. The van der Waals surface area contributed by atoms with E-state index in [1.54, 1.807) is 0 Å². The summed E-state index contributed by atoms with van der Waals surface area (Å²) in [6, 6.07) is 14.0. The molecule has 3 atom stereocenters. The number of hydrogen-bond donors (Lipinski definition) is 4. The first-order valence-corrected chi connectivity index (χ1v) is 17.4. The third kappa shape index (κ3) is 5.53. The molecule has 250 valence electrons. The van der Waals surface area contributed by atoms with Crippen LogP contribution in [0.4, 0.5) is 0 Å². The zero-order valence-electron chi connectivity index (χ0n) is 27.6. The van der Waals surface area contributed by atoms with Gasteiger partial charge in [0.2, 0.25) is 5.91 Å². The summed E-state index contributed by atoms with van der Waals surface area (Å²) in [5, 5.41) is 35.2. The molecule has 1 saturated heterocycles. The Morgan fingerprint density at radius 2 is 1.58 bits per heavy atom. The summed E-state index contributed by atoms with van der Waals surface area (Å²) < 4.78 is 0. The van der Waals surface area contributed by atoms with Gasteiger partial charge in [-0.2, -0.15) is 5.26 Å². The van der Waals surface area contributed by atoms with Crippen LogP contribution >= 0.6 is 0 Å². The van der Waals surface area contributed by atoms with Crippen molar-refractivity contribution in [2.45, 2.75) is 94.7 Å². The van der Waals surface area contributed by atoms with Gasteiger partial charge in [0.1, 0.15) is 6.04 Å². The van der Waals surface area contributed by atoms with E-state index in [1.165, 1.54) is 0 Å². The van der Waals surface area contributed by atoms with Crippen LogP contribution in [0.1, 0.15) is 108 Å². The number of likely N-dealkylation sites (tertiary alicyclic amines) is 1. The topological polar surface area (TPSA) is 169 Å². The van der Waals surface area contributed by atoms with Crippen LogP contribution in [0, 0.1) is 17.2 Å². The molecule has 1 aromatic heterocycles. The van der Waals surface area contributed by atoms with Crippen LogP contribution < -0.4 is 16.0 Å². The highest BCUT2D eigenvalue weighted by Crippen LogP contribution is 2.52. The molecule has 3 aliphatic carbocycles. The van der Waals surface area contributed by atoms with Crippen LogP contribution in [0.15, 0.2) is 36.4 Å². The summed E-state index contributed by atoms with van der Waals surface area (Å²) in [6.45, 7) is 5.01. The molecule has 2 saturated carbocycles. The maximum absolute atomic E-state index is 13.7. The van der Waals surface area contributed by atoms with E-state index in [2.05, 4.69) is 42.6 Å². The van der Waals surface area contributed by atoms with Crippen LogP contribution in [-0.2, 0) is 23.1 Å². The monoisotopic (exact) mass is 649 g/mol. The van der Waals surface area contributed by atoms with Crippen molar-refractivity contribution >= 4 is 17.7 Å². The number of piperidine rings is 1. The Morgan fingerprint density at radius 1 is 0.958 bits per heavy atom. The Hall–Kier alpha value is -4.63. The van der Waals surface area contributed by atoms with E-state index in [9.17, 15) is 19.6 Å². The number of rotatable bonds is 10. The molecule has 0 spiro atoms. The van der Waals surface area contributed by atoms with Gasteiger partial charge in [-0.05, 0) is 122 Å². The summed E-state index contributed by atoms with van der Waals surface area (Å²) >= 11 is 0. The zero-order chi connectivity index (χ0) is 33.5. The molecule has 1 unspecified atom stereocenters. The third-order valence-electron chi connectivity index (χ3n) is 11.1. The van der Waals surface area contributed by atoms with Gasteiger partial charge in [-0.3, -0.25) is 14.4 Å². The number of carbonyl (C=O) groups is 3. The number of amides is 3. The molecule has 3 fully saturated rings. The van der Waals surface area contributed by atoms with E-state index in [0.717, 1.165) is 60.8 Å². The fourth-order valence-electron chi connectivity index (χ4n) is 8.79. The molecule has 2 aromatic carbocycles. The Bertz CT molecular complexity index is 1690. The van der Waals surface area contributed by atoms with Crippen LogP contribution in [0.3, 0.4) is 0 Å². The highest BCUT2D eigenvalue weighted by Gasteiger charge is 2.55. The van der Waals surface area contributed by atoms with E-state index in [1.807, 2.05) is 55.1 Å². The van der Waals surface area contributed by atoms with Crippen molar-refractivity contribution in [3.8, 4) is 6.07 Å². The lowest BCUT2D eigenvalue weighted by Crippen LogP contribution is -2.53. The van der Waals surface area contributed by atoms with Gasteiger partial charge in [-0.25, -0.2) is 5.10 Å². The van der Waals surface area contributed by atoms with Gasteiger partial charge in [0.25, 0.3) is 11.8 Å². The van der Waals surface area contributed by atoms with E-state index < -0.39 is 11.0 Å². The van der Waals surface area contributed by atoms with Crippen molar-refractivity contribution < 1.29 is 14.4 Å². The number of H-pyrrole nitrogens is 1. The number of nitrogens with zero attached hydrogens (tertiary/aromatic N) is 5. The molecule has 0 bridgehead atoms. The van der Waals surface area contributed by atoms with Gasteiger partial charge in [-0.1, -0.05) is 25.0 Å². The summed E-state index contributed by atoms with van der Waals surface area (Å²) in [5.74, 6) is 0.750. The predicted molar refractivity (Wildman–Crippen MR) is 177 cm³/mol. The van der Waals surface area contributed by atoms with Gasteiger partial charge in [-0.15, -0.1) is 5.10 Å². The molecule has 0 radical (unpaired) electrons. The van der Waals surface area contributed by atoms with Crippen molar-refractivity contribution in [2.75, 3.05) is 19.6 Å².